The van der Waals surface area contributed by atoms with Crippen LogP contribution in [0.4, 0.5) is 4.39 Å². The maximum absolute atomic E-state index is 13.3. The molecule has 3 aromatic rings. The molecule has 0 spiro atoms. The zero-order valence-corrected chi connectivity index (χ0v) is 16.2. The van der Waals surface area contributed by atoms with Crippen LogP contribution in [0.2, 0.25) is 0 Å². The lowest BCUT2D eigenvalue weighted by molar-refractivity contribution is -0.121. The van der Waals surface area contributed by atoms with Gasteiger partial charge in [-0.1, -0.05) is 6.92 Å². The van der Waals surface area contributed by atoms with Gasteiger partial charge in [0.2, 0.25) is 5.91 Å². The van der Waals surface area contributed by atoms with Crippen molar-refractivity contribution in [1.82, 2.24) is 14.5 Å². The first-order valence-electron chi connectivity index (χ1n) is 9.35. The van der Waals surface area contributed by atoms with Crippen LogP contribution in [0, 0.1) is 5.82 Å². The zero-order valence-electron chi connectivity index (χ0n) is 16.2. The van der Waals surface area contributed by atoms with E-state index in [0.29, 0.717) is 12.2 Å². The van der Waals surface area contributed by atoms with Crippen LogP contribution in [0.15, 0.2) is 42.6 Å². The number of carbonyl (C=O) groups is 2. The lowest BCUT2D eigenvalue weighted by atomic mass is 10.3. The van der Waals surface area contributed by atoms with E-state index in [-0.39, 0.29) is 24.4 Å². The minimum Gasteiger partial charge on any atom is -0.458 e. The summed E-state index contributed by atoms with van der Waals surface area (Å²) < 4.78 is 22.1. The monoisotopic (exact) mass is 385 g/mol. The van der Waals surface area contributed by atoms with Crippen LogP contribution >= 0.6 is 0 Å². The molecule has 148 valence electrons. The van der Waals surface area contributed by atoms with E-state index in [2.05, 4.69) is 5.32 Å². The molecule has 0 aliphatic heterocycles. The fourth-order valence-corrected chi connectivity index (χ4v) is 3.05. The van der Waals surface area contributed by atoms with Gasteiger partial charge in [-0.15, -0.1) is 0 Å². The normalized spacial score (nSPS) is 11.2. The highest BCUT2D eigenvalue weighted by Gasteiger charge is 2.22. The standard InChI is InChI=1S/C21H24FN3O3/c1-4-10-23-20(26)13-25-17-9-11-24(16-7-5-15(22)6-8-16)18(17)12-19(25)21(27)28-14(2)3/h5-9,11-12,14H,4,10,13H2,1-3H3,(H,23,26). The molecule has 0 aliphatic rings. The first-order valence-corrected chi connectivity index (χ1v) is 9.35. The third kappa shape index (κ3) is 4.08. The molecule has 0 fully saturated rings. The number of benzene rings is 1. The van der Waals surface area contributed by atoms with E-state index in [1.165, 1.54) is 12.1 Å². The predicted molar refractivity (Wildman–Crippen MR) is 105 cm³/mol. The lowest BCUT2D eigenvalue weighted by Crippen LogP contribution is -2.29. The Labute approximate surface area is 162 Å². The number of nitrogens with zero attached hydrogens (tertiary/aromatic N) is 2. The summed E-state index contributed by atoms with van der Waals surface area (Å²) >= 11 is 0. The number of nitrogens with one attached hydrogen (secondary N) is 1. The first-order chi connectivity index (χ1) is 13.4. The minimum atomic E-state index is -0.486. The van der Waals surface area contributed by atoms with Crippen molar-refractivity contribution in [2.75, 3.05) is 6.54 Å². The van der Waals surface area contributed by atoms with Crippen LogP contribution in [0.1, 0.15) is 37.7 Å². The SMILES string of the molecule is CCCNC(=O)Cn1c(C(=O)OC(C)C)cc2c1ccn2-c1ccc(F)cc1. The van der Waals surface area contributed by atoms with Crippen LogP contribution in [-0.2, 0) is 16.1 Å². The maximum Gasteiger partial charge on any atom is 0.355 e. The molecule has 0 atom stereocenters. The van der Waals surface area contributed by atoms with E-state index in [1.807, 2.05) is 23.8 Å². The van der Waals surface area contributed by atoms with Gasteiger partial charge in [0, 0.05) is 18.4 Å². The number of halogens is 1. The molecule has 1 amide bonds. The van der Waals surface area contributed by atoms with Gasteiger partial charge in [-0.2, -0.15) is 0 Å². The molecule has 0 bridgehead atoms. The first kappa shape index (κ1) is 19.7. The Morgan fingerprint density at radius 3 is 2.50 bits per heavy atom. The zero-order chi connectivity index (χ0) is 20.3. The number of hydrogen-bond donors (Lipinski definition) is 1. The van der Waals surface area contributed by atoms with Gasteiger partial charge >= 0.3 is 5.97 Å². The van der Waals surface area contributed by atoms with E-state index < -0.39 is 5.97 Å². The van der Waals surface area contributed by atoms with E-state index in [0.717, 1.165) is 23.1 Å². The molecule has 1 N–H and O–H groups in total. The third-order valence-corrected chi connectivity index (χ3v) is 4.29. The molecule has 0 saturated carbocycles. The Morgan fingerprint density at radius 2 is 1.86 bits per heavy atom. The molecule has 0 unspecified atom stereocenters. The second-order valence-electron chi connectivity index (χ2n) is 6.85. The number of amides is 1. The highest BCUT2D eigenvalue weighted by Crippen LogP contribution is 2.25. The van der Waals surface area contributed by atoms with Gasteiger partial charge in [-0.05, 0) is 56.7 Å². The van der Waals surface area contributed by atoms with Gasteiger partial charge in [0.1, 0.15) is 18.1 Å². The average molecular weight is 385 g/mol. The van der Waals surface area contributed by atoms with Gasteiger partial charge in [0.15, 0.2) is 0 Å². The third-order valence-electron chi connectivity index (χ3n) is 4.29. The van der Waals surface area contributed by atoms with E-state index in [1.54, 1.807) is 36.6 Å². The topological polar surface area (TPSA) is 65.3 Å². The number of fused-ring (bicyclic) bond motifs is 1. The molecule has 7 heteroatoms. The van der Waals surface area contributed by atoms with Crippen molar-refractivity contribution in [3.63, 3.8) is 0 Å². The van der Waals surface area contributed by atoms with Gasteiger partial charge in [0.05, 0.1) is 17.1 Å². The minimum absolute atomic E-state index is 0.0134. The van der Waals surface area contributed by atoms with Crippen LogP contribution in [0.5, 0.6) is 0 Å². The van der Waals surface area contributed by atoms with Crippen LogP contribution in [0.25, 0.3) is 16.7 Å². The fraction of sp³-hybridized carbons (Fsp3) is 0.333. The molecule has 2 aromatic heterocycles. The number of carbonyl (C=O) groups excluding carboxylic acids is 2. The van der Waals surface area contributed by atoms with Gasteiger partial charge in [-0.3, -0.25) is 4.79 Å². The fourth-order valence-electron chi connectivity index (χ4n) is 3.05. The smallest absolute Gasteiger partial charge is 0.355 e. The molecule has 6 nitrogen and oxygen atoms in total. The Kier molecular flexibility index (Phi) is 5.82. The number of esters is 1. The van der Waals surface area contributed by atoms with Crippen molar-refractivity contribution >= 4 is 22.9 Å². The summed E-state index contributed by atoms with van der Waals surface area (Å²) in [7, 11) is 0. The summed E-state index contributed by atoms with van der Waals surface area (Å²) in [5.74, 6) is -0.980. The summed E-state index contributed by atoms with van der Waals surface area (Å²) in [5, 5.41) is 2.83. The van der Waals surface area contributed by atoms with Crippen LogP contribution in [-0.4, -0.2) is 33.7 Å². The molecule has 3 rings (SSSR count). The predicted octanol–water partition coefficient (Wildman–Crippen LogP) is 3.66. The molecule has 28 heavy (non-hydrogen) atoms. The maximum atomic E-state index is 13.3. The van der Waals surface area contributed by atoms with Crippen molar-refractivity contribution in [3.8, 4) is 5.69 Å². The quantitative estimate of drug-likeness (QED) is 0.631. The number of ether oxygens (including phenoxy) is 1. The lowest BCUT2D eigenvalue weighted by Gasteiger charge is -2.12. The Hall–Kier alpha value is -3.09. The highest BCUT2D eigenvalue weighted by molar-refractivity contribution is 5.96. The largest absolute Gasteiger partial charge is 0.458 e. The van der Waals surface area contributed by atoms with E-state index >= 15 is 0 Å². The van der Waals surface area contributed by atoms with Gasteiger partial charge < -0.3 is 19.2 Å². The second-order valence-corrected chi connectivity index (χ2v) is 6.85. The summed E-state index contributed by atoms with van der Waals surface area (Å²) in [5.41, 5.74) is 2.53. The molecule has 0 aliphatic carbocycles. The molecule has 0 radical (unpaired) electrons. The van der Waals surface area contributed by atoms with Gasteiger partial charge in [-0.25, -0.2) is 9.18 Å². The number of hydrogen-bond acceptors (Lipinski definition) is 3. The summed E-state index contributed by atoms with van der Waals surface area (Å²) in [6, 6.07) is 9.61. The summed E-state index contributed by atoms with van der Waals surface area (Å²) in [6.45, 7) is 6.11. The molecular weight excluding hydrogens is 361 g/mol. The summed E-state index contributed by atoms with van der Waals surface area (Å²) in [6.07, 6.45) is 2.38. The molecular formula is C21H24FN3O3. The van der Waals surface area contributed by atoms with Crippen molar-refractivity contribution in [2.45, 2.75) is 39.8 Å². The molecule has 0 saturated heterocycles. The highest BCUT2D eigenvalue weighted by atomic mass is 19.1. The van der Waals surface area contributed by atoms with Crippen molar-refractivity contribution in [1.29, 1.82) is 0 Å². The van der Waals surface area contributed by atoms with E-state index in [9.17, 15) is 14.0 Å². The number of rotatable bonds is 7. The molecule has 2 heterocycles. The van der Waals surface area contributed by atoms with Crippen LogP contribution < -0.4 is 5.32 Å². The second kappa shape index (κ2) is 8.29. The average Bonchev–Trinajstić information content (AvgIpc) is 3.20. The Bertz CT molecular complexity index is 986. The van der Waals surface area contributed by atoms with Gasteiger partial charge in [0.25, 0.3) is 0 Å². The summed E-state index contributed by atoms with van der Waals surface area (Å²) in [4.78, 5) is 24.9. The van der Waals surface area contributed by atoms with E-state index in [4.69, 9.17) is 4.74 Å². The van der Waals surface area contributed by atoms with Crippen molar-refractivity contribution in [3.05, 3.63) is 54.1 Å². The Balaban J connectivity index is 2.05. The number of aromatic nitrogens is 2. The van der Waals surface area contributed by atoms with Crippen LogP contribution in [0.3, 0.4) is 0 Å². The van der Waals surface area contributed by atoms with Crippen molar-refractivity contribution < 1.29 is 18.7 Å². The Morgan fingerprint density at radius 1 is 1.14 bits per heavy atom. The molecule has 1 aromatic carbocycles. The van der Waals surface area contributed by atoms with Crippen molar-refractivity contribution in [2.24, 2.45) is 0 Å².